The molecule has 1 unspecified atom stereocenters. The number of ether oxygens (including phenoxy) is 1. The number of nitrogens with zero attached hydrogens (tertiary/aromatic N) is 2. The molecule has 1 aliphatic heterocycles. The average molecular weight is 420 g/mol. The first-order valence-electron chi connectivity index (χ1n) is 11.0. The minimum atomic E-state index is -1.02. The third kappa shape index (κ3) is 4.34. The van der Waals surface area contributed by atoms with Gasteiger partial charge < -0.3 is 15.0 Å². The molecule has 1 fully saturated rings. The van der Waals surface area contributed by atoms with E-state index in [1.54, 1.807) is 19.4 Å². The van der Waals surface area contributed by atoms with E-state index >= 15 is 4.39 Å². The molecule has 3 aromatic rings. The van der Waals surface area contributed by atoms with Crippen LogP contribution < -0.4 is 10.2 Å². The number of aromatic nitrogens is 1. The van der Waals surface area contributed by atoms with E-state index in [1.807, 2.05) is 30.3 Å². The highest BCUT2D eigenvalue weighted by Gasteiger charge is 2.39. The maximum atomic E-state index is 15.1. The van der Waals surface area contributed by atoms with Crippen LogP contribution >= 0.6 is 0 Å². The lowest BCUT2D eigenvalue weighted by Gasteiger charge is -2.35. The second kappa shape index (κ2) is 9.58. The summed E-state index contributed by atoms with van der Waals surface area (Å²) in [6.07, 6.45) is 3.02. The van der Waals surface area contributed by atoms with Crippen LogP contribution in [0.15, 0.2) is 66.9 Å². The predicted octanol–water partition coefficient (Wildman–Crippen LogP) is 4.33. The molecule has 5 heteroatoms. The van der Waals surface area contributed by atoms with Crippen LogP contribution in [0.5, 0.6) is 0 Å². The number of anilines is 1. The molecule has 0 bridgehead atoms. The monoisotopic (exact) mass is 419 g/mol. The van der Waals surface area contributed by atoms with E-state index in [9.17, 15) is 0 Å². The van der Waals surface area contributed by atoms with Crippen LogP contribution in [0.2, 0.25) is 0 Å². The Kier molecular flexibility index (Phi) is 6.64. The van der Waals surface area contributed by atoms with Crippen molar-refractivity contribution in [2.75, 3.05) is 38.2 Å². The Morgan fingerprint density at radius 3 is 2.52 bits per heavy atom. The quantitative estimate of drug-likeness (QED) is 0.619. The SMILES string of the molecule is CCc1cc(C(Cc2ccccc2)(OC)c2ncccc2F)ccc1N1CCNCC1. The second-order valence-electron chi connectivity index (χ2n) is 7.96. The summed E-state index contributed by atoms with van der Waals surface area (Å²) in [7, 11) is 1.65. The highest BCUT2D eigenvalue weighted by molar-refractivity contribution is 5.57. The van der Waals surface area contributed by atoms with Crippen molar-refractivity contribution in [1.82, 2.24) is 10.3 Å². The van der Waals surface area contributed by atoms with Gasteiger partial charge in [0.15, 0.2) is 0 Å². The van der Waals surface area contributed by atoms with E-state index in [0.717, 1.165) is 43.7 Å². The predicted molar refractivity (Wildman–Crippen MR) is 123 cm³/mol. The Hall–Kier alpha value is -2.76. The molecule has 1 aliphatic rings. The van der Waals surface area contributed by atoms with Gasteiger partial charge in [-0.1, -0.05) is 49.4 Å². The fourth-order valence-corrected chi connectivity index (χ4v) is 4.51. The number of benzene rings is 2. The van der Waals surface area contributed by atoms with E-state index < -0.39 is 5.60 Å². The molecule has 0 saturated carbocycles. The number of halogens is 1. The van der Waals surface area contributed by atoms with Gasteiger partial charge in [-0.15, -0.1) is 0 Å². The molecule has 1 atom stereocenters. The summed E-state index contributed by atoms with van der Waals surface area (Å²) in [5, 5.41) is 3.41. The molecular weight excluding hydrogens is 389 g/mol. The normalized spacial score (nSPS) is 16.2. The standard InChI is InChI=1S/C26H30FN3O/c1-3-21-18-22(11-12-24(21)30-16-14-28-15-17-30)26(31-2,19-20-8-5-4-6-9-20)25-23(27)10-7-13-29-25/h4-13,18,28H,3,14-17,19H2,1-2H3. The molecule has 162 valence electrons. The number of piperazine rings is 1. The van der Waals surface area contributed by atoms with Gasteiger partial charge in [-0.3, -0.25) is 4.98 Å². The zero-order chi connectivity index (χ0) is 21.7. The zero-order valence-corrected chi connectivity index (χ0v) is 18.3. The minimum Gasteiger partial charge on any atom is -0.369 e. The maximum Gasteiger partial charge on any atom is 0.148 e. The van der Waals surface area contributed by atoms with E-state index in [0.29, 0.717) is 12.1 Å². The molecule has 31 heavy (non-hydrogen) atoms. The summed E-state index contributed by atoms with van der Waals surface area (Å²) in [5.74, 6) is -0.357. The van der Waals surface area contributed by atoms with Gasteiger partial charge in [0, 0.05) is 51.6 Å². The van der Waals surface area contributed by atoms with Crippen molar-refractivity contribution < 1.29 is 9.13 Å². The summed E-state index contributed by atoms with van der Waals surface area (Å²) in [6, 6.07) is 19.6. The smallest absolute Gasteiger partial charge is 0.148 e. The van der Waals surface area contributed by atoms with Crippen LogP contribution in [0.25, 0.3) is 0 Å². The van der Waals surface area contributed by atoms with Crippen LogP contribution in [0.1, 0.15) is 29.3 Å². The van der Waals surface area contributed by atoms with E-state index in [-0.39, 0.29) is 5.82 Å². The van der Waals surface area contributed by atoms with Crippen LogP contribution in [0.4, 0.5) is 10.1 Å². The molecule has 0 amide bonds. The maximum absolute atomic E-state index is 15.1. The Balaban J connectivity index is 1.84. The average Bonchev–Trinajstić information content (AvgIpc) is 2.84. The third-order valence-electron chi connectivity index (χ3n) is 6.17. The molecule has 0 radical (unpaired) electrons. The first-order valence-corrected chi connectivity index (χ1v) is 11.0. The van der Waals surface area contributed by atoms with E-state index in [1.165, 1.54) is 17.3 Å². The summed E-state index contributed by atoms with van der Waals surface area (Å²) >= 11 is 0. The topological polar surface area (TPSA) is 37.4 Å². The fraction of sp³-hybridized carbons (Fsp3) is 0.346. The van der Waals surface area contributed by atoms with Gasteiger partial charge >= 0.3 is 0 Å². The second-order valence-corrected chi connectivity index (χ2v) is 7.96. The third-order valence-corrected chi connectivity index (χ3v) is 6.17. The molecule has 2 heterocycles. The van der Waals surface area contributed by atoms with Crippen molar-refractivity contribution in [3.05, 3.63) is 95.1 Å². The van der Waals surface area contributed by atoms with Crippen LogP contribution in [0, 0.1) is 5.82 Å². The van der Waals surface area contributed by atoms with Crippen LogP contribution in [-0.4, -0.2) is 38.3 Å². The van der Waals surface area contributed by atoms with Crippen molar-refractivity contribution in [3.8, 4) is 0 Å². The number of pyridine rings is 1. The Morgan fingerprint density at radius 1 is 1.06 bits per heavy atom. The number of methoxy groups -OCH3 is 1. The van der Waals surface area contributed by atoms with Gasteiger partial charge in [-0.2, -0.15) is 0 Å². The summed E-state index contributed by atoms with van der Waals surface area (Å²) < 4.78 is 21.2. The summed E-state index contributed by atoms with van der Waals surface area (Å²) in [4.78, 5) is 6.87. The lowest BCUT2D eigenvalue weighted by atomic mass is 9.82. The number of hydrogen-bond acceptors (Lipinski definition) is 4. The van der Waals surface area contributed by atoms with Crippen molar-refractivity contribution >= 4 is 5.69 Å². The van der Waals surface area contributed by atoms with E-state index in [2.05, 4.69) is 40.3 Å². The van der Waals surface area contributed by atoms with Crippen molar-refractivity contribution in [2.24, 2.45) is 0 Å². The highest BCUT2D eigenvalue weighted by atomic mass is 19.1. The highest BCUT2D eigenvalue weighted by Crippen LogP contribution is 2.39. The Labute approximate surface area is 184 Å². The number of nitrogens with one attached hydrogen (secondary N) is 1. The largest absolute Gasteiger partial charge is 0.369 e. The van der Waals surface area contributed by atoms with Crippen molar-refractivity contribution in [3.63, 3.8) is 0 Å². The minimum absolute atomic E-state index is 0.318. The summed E-state index contributed by atoms with van der Waals surface area (Å²) in [6.45, 7) is 6.11. The van der Waals surface area contributed by atoms with Crippen LogP contribution in [0.3, 0.4) is 0 Å². The van der Waals surface area contributed by atoms with Gasteiger partial charge in [0.05, 0.1) is 0 Å². The van der Waals surface area contributed by atoms with Crippen molar-refractivity contribution in [1.29, 1.82) is 0 Å². The first kappa shape index (κ1) is 21.5. The molecule has 4 nitrogen and oxygen atoms in total. The van der Waals surface area contributed by atoms with Gasteiger partial charge in [0.1, 0.15) is 17.1 Å². The van der Waals surface area contributed by atoms with Gasteiger partial charge in [-0.25, -0.2) is 4.39 Å². The van der Waals surface area contributed by atoms with Gasteiger partial charge in [0.25, 0.3) is 0 Å². The van der Waals surface area contributed by atoms with Crippen LogP contribution in [-0.2, 0) is 23.2 Å². The molecule has 0 spiro atoms. The Morgan fingerprint density at radius 2 is 1.84 bits per heavy atom. The molecule has 1 aromatic heterocycles. The number of hydrogen-bond donors (Lipinski definition) is 1. The number of aryl methyl sites for hydroxylation is 1. The molecule has 2 aromatic carbocycles. The van der Waals surface area contributed by atoms with Gasteiger partial charge in [0.2, 0.25) is 0 Å². The zero-order valence-electron chi connectivity index (χ0n) is 18.3. The molecular formula is C26H30FN3O. The lowest BCUT2D eigenvalue weighted by Crippen LogP contribution is -2.44. The summed E-state index contributed by atoms with van der Waals surface area (Å²) in [5.41, 5.74) is 3.78. The molecule has 1 N–H and O–H groups in total. The van der Waals surface area contributed by atoms with E-state index in [4.69, 9.17) is 4.74 Å². The lowest BCUT2D eigenvalue weighted by molar-refractivity contribution is 0.0153. The molecule has 0 aliphatic carbocycles. The van der Waals surface area contributed by atoms with Crippen molar-refractivity contribution in [2.45, 2.75) is 25.4 Å². The number of rotatable bonds is 7. The Bertz CT molecular complexity index is 1000. The van der Waals surface area contributed by atoms with Gasteiger partial charge in [-0.05, 0) is 41.3 Å². The first-order chi connectivity index (χ1) is 15.2. The molecule has 4 rings (SSSR count). The molecule has 1 saturated heterocycles. The fourth-order valence-electron chi connectivity index (χ4n) is 4.51.